The van der Waals surface area contributed by atoms with E-state index in [1.807, 2.05) is 18.2 Å². The zero-order valence-electron chi connectivity index (χ0n) is 12.2. The molecular weight excluding hydrogens is 252 g/mol. The lowest BCUT2D eigenvalue weighted by atomic mass is 9.92. The van der Waals surface area contributed by atoms with Crippen molar-refractivity contribution in [2.75, 3.05) is 18.5 Å². The van der Waals surface area contributed by atoms with Crippen molar-refractivity contribution in [3.63, 3.8) is 0 Å². The predicted octanol–water partition coefficient (Wildman–Crippen LogP) is 2.80. The molecule has 1 fully saturated rings. The Balaban J connectivity index is 1.75. The first-order chi connectivity index (χ1) is 9.55. The smallest absolute Gasteiger partial charge is 0.255 e. The monoisotopic (exact) mass is 274 g/mol. The number of fused-ring (bicyclic) bond motifs is 1. The van der Waals surface area contributed by atoms with Gasteiger partial charge in [0, 0.05) is 12.6 Å². The number of benzene rings is 1. The first-order valence-electron chi connectivity index (χ1n) is 7.36. The average molecular weight is 274 g/mol. The highest BCUT2D eigenvalue weighted by atomic mass is 16.5. The molecule has 1 amide bonds. The summed E-state index contributed by atoms with van der Waals surface area (Å²) in [4.78, 5) is 12.5. The molecule has 1 saturated carbocycles. The molecule has 1 aliphatic carbocycles. The fourth-order valence-electron chi connectivity index (χ4n) is 3.17. The van der Waals surface area contributed by atoms with Gasteiger partial charge in [-0.1, -0.05) is 19.9 Å². The molecule has 1 aliphatic heterocycles. The third kappa shape index (κ3) is 2.60. The quantitative estimate of drug-likeness (QED) is 0.872. The lowest BCUT2D eigenvalue weighted by Gasteiger charge is -2.22. The Kier molecular flexibility index (Phi) is 3.32. The van der Waals surface area contributed by atoms with Crippen LogP contribution in [0.3, 0.4) is 0 Å². The number of hydrogen-bond acceptors (Lipinski definition) is 3. The molecule has 1 atom stereocenters. The van der Waals surface area contributed by atoms with E-state index in [9.17, 15) is 4.79 Å². The first kappa shape index (κ1) is 13.3. The lowest BCUT2D eigenvalue weighted by molar-refractivity contribution is 0.0932. The highest BCUT2D eigenvalue weighted by Gasteiger charge is 2.32. The van der Waals surface area contributed by atoms with E-state index in [0.717, 1.165) is 25.1 Å². The summed E-state index contributed by atoms with van der Waals surface area (Å²) in [6, 6.07) is 5.96. The summed E-state index contributed by atoms with van der Waals surface area (Å²) in [7, 11) is 0. The number of para-hydroxylation sites is 1. The van der Waals surface area contributed by atoms with Gasteiger partial charge in [0.15, 0.2) is 5.75 Å². The van der Waals surface area contributed by atoms with Crippen molar-refractivity contribution in [2.24, 2.45) is 5.41 Å². The Morgan fingerprint density at radius 2 is 2.30 bits per heavy atom. The molecule has 108 valence electrons. The molecule has 0 saturated heterocycles. The van der Waals surface area contributed by atoms with E-state index in [0.29, 0.717) is 23.3 Å². The Labute approximate surface area is 119 Å². The van der Waals surface area contributed by atoms with Crippen LogP contribution in [0, 0.1) is 5.41 Å². The number of carbonyl (C=O) groups excluding carboxylic acids is 1. The minimum Gasteiger partial charge on any atom is -0.489 e. The molecule has 20 heavy (non-hydrogen) atoms. The molecule has 0 radical (unpaired) electrons. The zero-order chi connectivity index (χ0) is 14.2. The number of ether oxygens (including phenoxy) is 1. The van der Waals surface area contributed by atoms with Crippen LogP contribution in [-0.4, -0.2) is 25.1 Å². The number of hydrogen-bond donors (Lipinski definition) is 2. The Bertz CT molecular complexity index is 525. The van der Waals surface area contributed by atoms with Crippen LogP contribution < -0.4 is 15.4 Å². The number of amides is 1. The van der Waals surface area contributed by atoms with Crippen LogP contribution in [-0.2, 0) is 0 Å². The fourth-order valence-corrected chi connectivity index (χ4v) is 3.17. The van der Waals surface area contributed by atoms with Gasteiger partial charge >= 0.3 is 0 Å². The third-order valence-electron chi connectivity index (χ3n) is 4.23. The number of nitrogens with one attached hydrogen (secondary N) is 2. The molecule has 2 aliphatic rings. The molecule has 0 spiro atoms. The van der Waals surface area contributed by atoms with Crippen LogP contribution in [0.25, 0.3) is 0 Å². The van der Waals surface area contributed by atoms with Gasteiger partial charge in [0.05, 0.1) is 11.3 Å². The normalized spacial score (nSPS) is 23.4. The summed E-state index contributed by atoms with van der Waals surface area (Å²) in [6.45, 7) is 5.91. The van der Waals surface area contributed by atoms with Crippen molar-refractivity contribution in [3.8, 4) is 5.75 Å². The molecule has 4 nitrogen and oxygen atoms in total. The Morgan fingerprint density at radius 3 is 3.05 bits per heavy atom. The SMILES string of the molecule is CC1(C)CCC(NC(=O)c2cccc3c2OCCN3)C1. The summed E-state index contributed by atoms with van der Waals surface area (Å²) in [5, 5.41) is 6.41. The minimum atomic E-state index is -0.0201. The number of anilines is 1. The van der Waals surface area contributed by atoms with Crippen molar-refractivity contribution in [1.82, 2.24) is 5.32 Å². The van der Waals surface area contributed by atoms with E-state index < -0.39 is 0 Å². The minimum absolute atomic E-state index is 0.0201. The molecule has 1 heterocycles. The lowest BCUT2D eigenvalue weighted by Crippen LogP contribution is -2.34. The van der Waals surface area contributed by atoms with E-state index in [4.69, 9.17) is 4.74 Å². The van der Waals surface area contributed by atoms with Gasteiger partial charge in [0.2, 0.25) is 0 Å². The van der Waals surface area contributed by atoms with E-state index >= 15 is 0 Å². The average Bonchev–Trinajstić information content (AvgIpc) is 2.77. The van der Waals surface area contributed by atoms with Crippen LogP contribution in [0.2, 0.25) is 0 Å². The second-order valence-electron chi connectivity index (χ2n) is 6.53. The number of carbonyl (C=O) groups is 1. The van der Waals surface area contributed by atoms with Crippen LogP contribution in [0.4, 0.5) is 5.69 Å². The van der Waals surface area contributed by atoms with Crippen LogP contribution in [0.15, 0.2) is 18.2 Å². The Morgan fingerprint density at radius 1 is 1.45 bits per heavy atom. The molecule has 4 heteroatoms. The molecule has 0 aromatic heterocycles. The zero-order valence-corrected chi connectivity index (χ0v) is 12.2. The summed E-state index contributed by atoms with van der Waals surface area (Å²) < 4.78 is 5.66. The summed E-state index contributed by atoms with van der Waals surface area (Å²) in [6.07, 6.45) is 3.28. The topological polar surface area (TPSA) is 50.4 Å². The van der Waals surface area contributed by atoms with E-state index in [1.165, 1.54) is 6.42 Å². The Hall–Kier alpha value is -1.71. The third-order valence-corrected chi connectivity index (χ3v) is 4.23. The highest BCUT2D eigenvalue weighted by molar-refractivity contribution is 5.99. The summed E-state index contributed by atoms with van der Waals surface area (Å²) >= 11 is 0. The fraction of sp³-hybridized carbons (Fsp3) is 0.562. The largest absolute Gasteiger partial charge is 0.489 e. The standard InChI is InChI=1S/C16H22N2O2/c1-16(2)7-6-11(10-16)18-15(19)12-4-3-5-13-14(12)20-9-8-17-13/h3-5,11,17H,6-10H2,1-2H3,(H,18,19). The van der Waals surface area contributed by atoms with Gasteiger partial charge in [-0.3, -0.25) is 4.79 Å². The van der Waals surface area contributed by atoms with E-state index in [-0.39, 0.29) is 11.9 Å². The van der Waals surface area contributed by atoms with Crippen LogP contribution in [0.1, 0.15) is 43.5 Å². The van der Waals surface area contributed by atoms with Crippen molar-refractivity contribution in [2.45, 2.75) is 39.2 Å². The van der Waals surface area contributed by atoms with Crippen LogP contribution in [0.5, 0.6) is 5.75 Å². The second kappa shape index (κ2) is 5.00. The predicted molar refractivity (Wildman–Crippen MR) is 79.3 cm³/mol. The molecule has 3 rings (SSSR count). The van der Waals surface area contributed by atoms with Crippen molar-refractivity contribution in [3.05, 3.63) is 23.8 Å². The molecule has 0 bridgehead atoms. The summed E-state index contributed by atoms with van der Waals surface area (Å²) in [5.74, 6) is 0.668. The molecule has 1 unspecified atom stereocenters. The molecule has 1 aromatic carbocycles. The molecular formula is C16H22N2O2. The molecule has 1 aromatic rings. The van der Waals surface area contributed by atoms with Gasteiger partial charge in [-0.05, 0) is 36.8 Å². The van der Waals surface area contributed by atoms with Gasteiger partial charge in [-0.15, -0.1) is 0 Å². The first-order valence-corrected chi connectivity index (χ1v) is 7.36. The van der Waals surface area contributed by atoms with E-state index in [2.05, 4.69) is 24.5 Å². The maximum atomic E-state index is 12.5. The van der Waals surface area contributed by atoms with Gasteiger partial charge < -0.3 is 15.4 Å². The molecule has 2 N–H and O–H groups in total. The second-order valence-corrected chi connectivity index (χ2v) is 6.53. The van der Waals surface area contributed by atoms with Crippen LogP contribution >= 0.6 is 0 Å². The maximum Gasteiger partial charge on any atom is 0.255 e. The van der Waals surface area contributed by atoms with Crippen molar-refractivity contribution >= 4 is 11.6 Å². The van der Waals surface area contributed by atoms with E-state index in [1.54, 1.807) is 0 Å². The van der Waals surface area contributed by atoms with Gasteiger partial charge in [-0.2, -0.15) is 0 Å². The van der Waals surface area contributed by atoms with Crippen molar-refractivity contribution in [1.29, 1.82) is 0 Å². The maximum absolute atomic E-state index is 12.5. The van der Waals surface area contributed by atoms with Crippen molar-refractivity contribution < 1.29 is 9.53 Å². The van der Waals surface area contributed by atoms with Gasteiger partial charge in [0.25, 0.3) is 5.91 Å². The summed E-state index contributed by atoms with van der Waals surface area (Å²) in [5.41, 5.74) is 1.89. The highest BCUT2D eigenvalue weighted by Crippen LogP contribution is 2.37. The van der Waals surface area contributed by atoms with Gasteiger partial charge in [-0.25, -0.2) is 0 Å². The van der Waals surface area contributed by atoms with Gasteiger partial charge in [0.1, 0.15) is 6.61 Å². The number of rotatable bonds is 2.